The number of fused-ring (bicyclic) bond motifs is 6. The molecule has 3 saturated carbocycles. The van der Waals surface area contributed by atoms with Crippen molar-refractivity contribution in [3.05, 3.63) is 88.1 Å². The fourth-order valence-corrected chi connectivity index (χ4v) is 11.2. The van der Waals surface area contributed by atoms with E-state index in [-0.39, 0.29) is 68.0 Å². The Kier molecular flexibility index (Phi) is 12.9. The van der Waals surface area contributed by atoms with E-state index >= 15 is 0 Å². The Bertz CT molecular complexity index is 2270. The predicted molar refractivity (Wildman–Crippen MR) is 228 cm³/mol. The van der Waals surface area contributed by atoms with Crippen LogP contribution in [-0.2, 0) is 35.0 Å². The molecule has 14 heteroatoms. The van der Waals surface area contributed by atoms with E-state index in [1.54, 1.807) is 61.1 Å². The van der Waals surface area contributed by atoms with Gasteiger partial charge in [-0.3, -0.25) is 24.3 Å². The highest BCUT2D eigenvalue weighted by atomic mass is 35.5. The Morgan fingerprint density at radius 1 is 1.02 bits per heavy atom. The molecule has 3 aromatic rings. The number of ether oxygens (including phenoxy) is 4. The van der Waals surface area contributed by atoms with Crippen LogP contribution in [0.5, 0.6) is 5.75 Å². The third-order valence-corrected chi connectivity index (χ3v) is 14.3. The Balaban J connectivity index is 0.931. The van der Waals surface area contributed by atoms with Crippen LogP contribution in [0.4, 0.5) is 4.79 Å². The zero-order valence-electron chi connectivity index (χ0n) is 35.5. The molecule has 13 nitrogen and oxygen atoms in total. The molecule has 3 fully saturated rings. The number of allylic oxidation sites excluding steroid dienone is 4. The summed E-state index contributed by atoms with van der Waals surface area (Å²) < 4.78 is 24.0. The standard InChI is InChI=1S/C47H56ClN3O10/c1-6-59-44(57)61-47(20-18-37-34-15-11-30-23-32(52)17-19-45(30,3)41(34)39(53)26-46(37,47)4)43(56)60-27-49-21-7-8-22-50-40(54)25-35-28(2)51(38-16-14-33(58-5)24-36(35)38)42(55)29-9-12-31(48)13-10-29/h9-10,12-14,16-17,19,23-24,34,37,39,41,49,53H,6-8,11,15,18,20-22,25-27H2,1-5H3,(H,50,54)/t34?,37-,39?,41+,45?,46?,47?/m1/s1. The average Bonchev–Trinajstić information content (AvgIpc) is 3.67. The van der Waals surface area contributed by atoms with Crippen LogP contribution < -0.4 is 15.4 Å². The molecule has 1 heterocycles. The molecule has 4 aliphatic rings. The number of hydrogen-bond acceptors (Lipinski definition) is 11. The van der Waals surface area contributed by atoms with E-state index in [1.165, 1.54) is 0 Å². The minimum atomic E-state index is -1.66. The number of methoxy groups -OCH3 is 1. The number of halogens is 1. The van der Waals surface area contributed by atoms with Crippen molar-refractivity contribution in [1.29, 1.82) is 0 Å². The molecule has 0 aliphatic heterocycles. The monoisotopic (exact) mass is 857 g/mol. The second-order valence-electron chi connectivity index (χ2n) is 17.3. The lowest BCUT2D eigenvalue weighted by atomic mass is 9.46. The molecule has 7 atom stereocenters. The Hall–Kier alpha value is -4.98. The molecule has 5 unspecified atom stereocenters. The summed E-state index contributed by atoms with van der Waals surface area (Å²) in [4.78, 5) is 66.3. The van der Waals surface area contributed by atoms with Crippen LogP contribution in [0.1, 0.15) is 87.3 Å². The lowest BCUT2D eigenvalue weighted by Gasteiger charge is -2.59. The maximum atomic E-state index is 14.2. The van der Waals surface area contributed by atoms with Gasteiger partial charge in [-0.2, -0.15) is 0 Å². The van der Waals surface area contributed by atoms with E-state index in [0.717, 1.165) is 22.9 Å². The number of carbonyl (C=O) groups is 5. The van der Waals surface area contributed by atoms with Gasteiger partial charge < -0.3 is 29.4 Å². The highest BCUT2D eigenvalue weighted by Crippen LogP contribution is 2.68. The smallest absolute Gasteiger partial charge is 0.497 e. The van der Waals surface area contributed by atoms with Crippen molar-refractivity contribution in [1.82, 2.24) is 15.2 Å². The topological polar surface area (TPSA) is 171 Å². The largest absolute Gasteiger partial charge is 0.509 e. The van der Waals surface area contributed by atoms with Crippen molar-refractivity contribution in [2.45, 2.75) is 90.8 Å². The van der Waals surface area contributed by atoms with E-state index in [4.69, 9.17) is 30.5 Å². The molecule has 0 bridgehead atoms. The number of benzene rings is 2. The van der Waals surface area contributed by atoms with Gasteiger partial charge in [0.15, 0.2) is 5.78 Å². The normalized spacial score (nSPS) is 27.7. The fraction of sp³-hybridized carbons (Fsp3) is 0.511. The summed E-state index contributed by atoms with van der Waals surface area (Å²) in [6, 6.07) is 12.1. The first kappa shape index (κ1) is 44.1. The van der Waals surface area contributed by atoms with Gasteiger partial charge in [-0.1, -0.05) is 37.1 Å². The number of nitrogens with one attached hydrogen (secondary N) is 2. The van der Waals surface area contributed by atoms with Crippen molar-refractivity contribution in [2.75, 3.05) is 33.5 Å². The van der Waals surface area contributed by atoms with Gasteiger partial charge in [0.2, 0.25) is 11.5 Å². The summed E-state index contributed by atoms with van der Waals surface area (Å²) in [6.45, 7) is 8.35. The first-order chi connectivity index (χ1) is 29.2. The second kappa shape index (κ2) is 17.8. The molecule has 3 N–H and O–H groups in total. The third kappa shape index (κ3) is 8.12. The van der Waals surface area contributed by atoms with Crippen LogP contribution in [0.2, 0.25) is 5.02 Å². The van der Waals surface area contributed by atoms with Gasteiger partial charge in [-0.05, 0) is 137 Å². The molecule has 1 amide bonds. The van der Waals surface area contributed by atoms with Gasteiger partial charge in [0.1, 0.15) is 12.5 Å². The number of aliphatic hydroxyl groups is 1. The van der Waals surface area contributed by atoms with E-state index in [1.807, 2.05) is 32.1 Å². The number of unbranched alkanes of at least 4 members (excludes halogenated alkanes) is 1. The highest BCUT2D eigenvalue weighted by Gasteiger charge is 2.71. The van der Waals surface area contributed by atoms with Gasteiger partial charge in [-0.15, -0.1) is 0 Å². The first-order valence-corrected chi connectivity index (χ1v) is 21.7. The van der Waals surface area contributed by atoms with Crippen LogP contribution in [0.15, 0.2) is 66.3 Å². The van der Waals surface area contributed by atoms with Gasteiger partial charge in [0.25, 0.3) is 5.91 Å². The number of hydrogen-bond donors (Lipinski definition) is 3. The summed E-state index contributed by atoms with van der Waals surface area (Å²) >= 11 is 6.06. The summed E-state index contributed by atoms with van der Waals surface area (Å²) in [6.07, 6.45) is 7.36. The molecule has 0 spiro atoms. The van der Waals surface area contributed by atoms with E-state index in [9.17, 15) is 29.1 Å². The van der Waals surface area contributed by atoms with Crippen molar-refractivity contribution in [2.24, 2.45) is 28.6 Å². The van der Waals surface area contributed by atoms with Crippen LogP contribution in [0, 0.1) is 35.5 Å². The molecule has 2 aromatic carbocycles. The van der Waals surface area contributed by atoms with Crippen LogP contribution in [0.25, 0.3) is 10.9 Å². The van der Waals surface area contributed by atoms with Gasteiger partial charge in [0.05, 0.1) is 31.8 Å². The zero-order valence-corrected chi connectivity index (χ0v) is 36.3. The number of aliphatic hydroxyl groups excluding tert-OH is 1. The summed E-state index contributed by atoms with van der Waals surface area (Å²) in [7, 11) is 1.57. The average molecular weight is 858 g/mol. The van der Waals surface area contributed by atoms with Crippen LogP contribution >= 0.6 is 11.6 Å². The van der Waals surface area contributed by atoms with Gasteiger partial charge in [0, 0.05) is 45.0 Å². The van der Waals surface area contributed by atoms with Gasteiger partial charge >= 0.3 is 12.1 Å². The van der Waals surface area contributed by atoms with Crippen LogP contribution in [-0.4, -0.2) is 84.6 Å². The highest BCUT2D eigenvalue weighted by molar-refractivity contribution is 6.30. The molecular formula is C47H56ClN3O10. The number of rotatable bonds is 14. The maximum Gasteiger partial charge on any atom is 0.509 e. The maximum absolute atomic E-state index is 14.2. The molecule has 0 radical (unpaired) electrons. The SMILES string of the molecule is CCOC(=O)OC1(C(=O)OCNCCCCNC(=O)Cc2c(C)n(C(=O)c3ccc(Cl)cc3)c3ccc(OC)cc23)CC[C@@H]2C3CCC4=CC(=O)C=CC4(C)[C@@H]3C(O)CC21C. The Morgan fingerprint density at radius 3 is 2.51 bits per heavy atom. The first-order valence-electron chi connectivity index (χ1n) is 21.3. The molecule has 7 rings (SSSR count). The van der Waals surface area contributed by atoms with E-state index in [0.29, 0.717) is 66.3 Å². The van der Waals surface area contributed by atoms with E-state index in [2.05, 4.69) is 17.6 Å². The predicted octanol–water partition coefficient (Wildman–Crippen LogP) is 7.02. The zero-order chi connectivity index (χ0) is 43.7. The van der Waals surface area contributed by atoms with Crippen LogP contribution in [0.3, 0.4) is 0 Å². The number of aromatic nitrogens is 1. The number of esters is 1. The van der Waals surface area contributed by atoms with Gasteiger partial charge in [-0.25, -0.2) is 9.59 Å². The quantitative estimate of drug-likeness (QED) is 0.0865. The summed E-state index contributed by atoms with van der Waals surface area (Å²) in [5, 5.41) is 19.3. The number of amides is 1. The fourth-order valence-electron chi connectivity index (χ4n) is 11.1. The Morgan fingerprint density at radius 2 is 1.77 bits per heavy atom. The molecule has 0 saturated heterocycles. The van der Waals surface area contributed by atoms with Crippen molar-refractivity contribution in [3.8, 4) is 5.75 Å². The number of ketones is 1. The van der Waals surface area contributed by atoms with Crippen molar-refractivity contribution in [3.63, 3.8) is 0 Å². The molecule has 4 aliphatic carbocycles. The molecular weight excluding hydrogens is 802 g/mol. The van der Waals surface area contributed by atoms with Crippen molar-refractivity contribution < 1.29 is 48.0 Å². The summed E-state index contributed by atoms with van der Waals surface area (Å²) in [5.41, 5.74) is 0.500. The second-order valence-corrected chi connectivity index (χ2v) is 17.7. The molecule has 326 valence electrons. The summed E-state index contributed by atoms with van der Waals surface area (Å²) in [5.74, 6) is -0.685. The molecule has 61 heavy (non-hydrogen) atoms. The Labute approximate surface area is 361 Å². The number of carbonyl (C=O) groups excluding carboxylic acids is 5. The lowest BCUT2D eigenvalue weighted by Crippen LogP contribution is -2.63. The third-order valence-electron chi connectivity index (χ3n) is 14.0. The molecule has 1 aromatic heterocycles. The minimum Gasteiger partial charge on any atom is -0.497 e. The van der Waals surface area contributed by atoms with Crippen molar-refractivity contribution >= 4 is 52.2 Å². The lowest BCUT2D eigenvalue weighted by molar-refractivity contribution is -0.201. The minimum absolute atomic E-state index is 0.0325. The van der Waals surface area contributed by atoms with E-state index < -0.39 is 34.7 Å². The number of nitrogens with zero attached hydrogens (tertiary/aromatic N) is 1.